The van der Waals surface area contributed by atoms with Gasteiger partial charge in [0, 0.05) is 19.2 Å². The predicted octanol–water partition coefficient (Wildman–Crippen LogP) is 6.36. The zero-order chi connectivity index (χ0) is 31.5. The first-order chi connectivity index (χ1) is 21.4. The molecule has 0 amide bonds. The van der Waals surface area contributed by atoms with Crippen LogP contribution >= 0.6 is 0 Å². The molecule has 3 aromatic rings. The Bertz CT molecular complexity index is 1430. The Kier molecular flexibility index (Phi) is 12.1. The molecular weight excluding hydrogens is 562 g/mol. The molecule has 44 heavy (non-hydrogen) atoms. The molecule has 1 unspecified atom stereocenters. The van der Waals surface area contributed by atoms with E-state index in [-0.39, 0.29) is 12.2 Å². The summed E-state index contributed by atoms with van der Waals surface area (Å²) in [7, 11) is 4.54. The van der Waals surface area contributed by atoms with Crippen molar-refractivity contribution in [2.24, 2.45) is 0 Å². The van der Waals surface area contributed by atoms with Gasteiger partial charge in [-0.1, -0.05) is 51.2 Å². The molecule has 0 spiro atoms. The Balaban J connectivity index is 1.50. The minimum atomic E-state index is -0.721. The van der Waals surface area contributed by atoms with Gasteiger partial charge in [-0.05, 0) is 53.8 Å². The smallest absolute Gasteiger partial charge is 0.306 e. The summed E-state index contributed by atoms with van der Waals surface area (Å²) in [5, 5.41) is 10.8. The largest absolute Gasteiger partial charge is 0.502 e. The number of hydrogen-bond donors (Lipinski definition) is 1. The minimum Gasteiger partial charge on any atom is -0.502 e. The lowest BCUT2D eigenvalue weighted by atomic mass is 9.92. The van der Waals surface area contributed by atoms with Gasteiger partial charge in [0.1, 0.15) is 11.5 Å². The highest BCUT2D eigenvalue weighted by Gasteiger charge is 2.28. The number of benzene rings is 2. The van der Waals surface area contributed by atoms with Crippen LogP contribution in [0.4, 0.5) is 0 Å². The van der Waals surface area contributed by atoms with Crippen molar-refractivity contribution in [3.63, 3.8) is 0 Å². The molecule has 0 aliphatic carbocycles. The SMILES string of the molecule is CCCCCCCCOc1ccc(C(CC(=O)OC)c2oc(CN3CCc4cc(OC)c(OC)cc4C3)cc(=O)c2O)cc1. The van der Waals surface area contributed by atoms with E-state index < -0.39 is 23.1 Å². The van der Waals surface area contributed by atoms with Gasteiger partial charge < -0.3 is 28.5 Å². The highest BCUT2D eigenvalue weighted by atomic mass is 16.5. The fraction of sp³-hybridized carbons (Fsp3) is 0.486. The number of fused-ring (bicyclic) bond motifs is 1. The lowest BCUT2D eigenvalue weighted by Crippen LogP contribution is -2.30. The Labute approximate surface area is 259 Å². The molecule has 0 saturated heterocycles. The van der Waals surface area contributed by atoms with Crippen molar-refractivity contribution >= 4 is 5.97 Å². The van der Waals surface area contributed by atoms with Crippen molar-refractivity contribution in [3.05, 3.63) is 80.9 Å². The van der Waals surface area contributed by atoms with Crippen molar-refractivity contribution < 1.29 is 33.3 Å². The second-order valence-electron chi connectivity index (χ2n) is 11.2. The molecule has 1 atom stereocenters. The van der Waals surface area contributed by atoms with E-state index in [2.05, 4.69) is 11.8 Å². The molecule has 0 radical (unpaired) electrons. The molecule has 238 valence electrons. The summed E-state index contributed by atoms with van der Waals surface area (Å²) in [6, 6.07) is 12.6. The van der Waals surface area contributed by atoms with E-state index in [9.17, 15) is 14.7 Å². The van der Waals surface area contributed by atoms with Gasteiger partial charge in [-0.15, -0.1) is 0 Å². The summed E-state index contributed by atoms with van der Waals surface area (Å²) in [5.41, 5.74) is 2.44. The number of unbranched alkanes of at least 4 members (excludes halogenated alkanes) is 5. The summed E-state index contributed by atoms with van der Waals surface area (Å²) < 4.78 is 28.0. The first-order valence-corrected chi connectivity index (χ1v) is 15.5. The first-order valence-electron chi connectivity index (χ1n) is 15.5. The third-order valence-electron chi connectivity index (χ3n) is 8.14. The summed E-state index contributed by atoms with van der Waals surface area (Å²) in [6.07, 6.45) is 7.79. The maximum atomic E-state index is 12.9. The molecule has 2 aromatic carbocycles. The number of carbonyl (C=O) groups excluding carboxylic acids is 1. The Hall–Kier alpha value is -3.98. The maximum Gasteiger partial charge on any atom is 0.306 e. The molecule has 2 heterocycles. The topological polar surface area (TPSA) is 108 Å². The van der Waals surface area contributed by atoms with E-state index >= 15 is 0 Å². The fourth-order valence-electron chi connectivity index (χ4n) is 5.65. The van der Waals surface area contributed by atoms with Crippen LogP contribution in [0.3, 0.4) is 0 Å². The summed E-state index contributed by atoms with van der Waals surface area (Å²) in [5.74, 6) is 0.816. The second-order valence-corrected chi connectivity index (χ2v) is 11.2. The number of hydrogen-bond acceptors (Lipinski definition) is 9. The molecule has 0 saturated carbocycles. The summed E-state index contributed by atoms with van der Waals surface area (Å²) >= 11 is 0. The number of aromatic hydroxyl groups is 1. The van der Waals surface area contributed by atoms with Crippen LogP contribution in [0.1, 0.15) is 86.0 Å². The zero-order valence-corrected chi connectivity index (χ0v) is 26.4. The van der Waals surface area contributed by atoms with Crippen LogP contribution in [-0.2, 0) is 29.0 Å². The van der Waals surface area contributed by atoms with Crippen molar-refractivity contribution in [3.8, 4) is 23.0 Å². The van der Waals surface area contributed by atoms with Crippen LogP contribution in [0, 0.1) is 0 Å². The quantitative estimate of drug-likeness (QED) is 0.147. The predicted molar refractivity (Wildman–Crippen MR) is 168 cm³/mol. The van der Waals surface area contributed by atoms with Gasteiger partial charge >= 0.3 is 5.97 Å². The van der Waals surface area contributed by atoms with Gasteiger partial charge in [0.2, 0.25) is 11.2 Å². The third-order valence-corrected chi connectivity index (χ3v) is 8.14. The Morgan fingerprint density at radius 3 is 2.32 bits per heavy atom. The van der Waals surface area contributed by atoms with E-state index in [1.165, 1.54) is 44.4 Å². The van der Waals surface area contributed by atoms with Gasteiger partial charge in [0.25, 0.3) is 0 Å². The van der Waals surface area contributed by atoms with Crippen molar-refractivity contribution in [1.29, 1.82) is 0 Å². The minimum absolute atomic E-state index is 0.0439. The second kappa shape index (κ2) is 16.2. The van der Waals surface area contributed by atoms with Crippen LogP contribution in [0.5, 0.6) is 23.0 Å². The molecule has 1 aliphatic rings. The van der Waals surface area contributed by atoms with Gasteiger partial charge in [-0.3, -0.25) is 14.5 Å². The van der Waals surface area contributed by atoms with Crippen LogP contribution in [0.15, 0.2) is 51.7 Å². The molecule has 1 aromatic heterocycles. The molecular formula is C35H45NO8. The van der Waals surface area contributed by atoms with Gasteiger partial charge in [-0.2, -0.15) is 0 Å². The van der Waals surface area contributed by atoms with Crippen molar-refractivity contribution in [2.75, 3.05) is 34.5 Å². The number of nitrogens with zero attached hydrogens (tertiary/aromatic N) is 1. The number of ether oxygens (including phenoxy) is 4. The maximum absolute atomic E-state index is 12.9. The lowest BCUT2D eigenvalue weighted by Gasteiger charge is -2.29. The van der Waals surface area contributed by atoms with Crippen LogP contribution in [-0.4, -0.2) is 50.5 Å². The molecule has 0 bridgehead atoms. The average molecular weight is 608 g/mol. The lowest BCUT2D eigenvalue weighted by molar-refractivity contribution is -0.140. The third kappa shape index (κ3) is 8.56. The number of carbonyl (C=O) groups is 1. The molecule has 9 nitrogen and oxygen atoms in total. The Morgan fingerprint density at radius 2 is 1.64 bits per heavy atom. The Morgan fingerprint density at radius 1 is 0.955 bits per heavy atom. The van der Waals surface area contributed by atoms with Crippen LogP contribution in [0.2, 0.25) is 0 Å². The van der Waals surface area contributed by atoms with Crippen molar-refractivity contribution in [1.82, 2.24) is 4.90 Å². The van der Waals surface area contributed by atoms with E-state index in [4.69, 9.17) is 23.4 Å². The van der Waals surface area contributed by atoms with Gasteiger partial charge in [0.05, 0.1) is 46.8 Å². The number of rotatable bonds is 16. The summed E-state index contributed by atoms with van der Waals surface area (Å²) in [6.45, 7) is 4.57. The van der Waals surface area contributed by atoms with E-state index in [0.717, 1.165) is 37.1 Å². The van der Waals surface area contributed by atoms with E-state index in [1.807, 2.05) is 36.4 Å². The van der Waals surface area contributed by atoms with Crippen LogP contribution < -0.4 is 19.6 Å². The molecule has 1 N–H and O–H groups in total. The number of methoxy groups -OCH3 is 3. The van der Waals surface area contributed by atoms with E-state index in [1.54, 1.807) is 14.2 Å². The highest BCUT2D eigenvalue weighted by molar-refractivity contribution is 5.71. The zero-order valence-electron chi connectivity index (χ0n) is 26.4. The molecule has 0 fully saturated rings. The van der Waals surface area contributed by atoms with Gasteiger partial charge in [0.15, 0.2) is 17.3 Å². The highest BCUT2D eigenvalue weighted by Crippen LogP contribution is 2.36. The van der Waals surface area contributed by atoms with E-state index in [0.29, 0.717) is 42.5 Å². The molecule has 9 heteroatoms. The standard InChI is InChI=1S/C35H45NO8/c1-5-6-7-8-9-10-17-43-27-13-11-24(12-14-27)29(21-33(38)42-4)35-34(39)30(37)20-28(44-35)23-36-16-15-25-18-31(40-2)32(41-3)19-26(25)22-36/h11-14,18-20,29,39H,5-10,15-17,21-23H2,1-4H3. The molecule has 1 aliphatic heterocycles. The fourth-order valence-corrected chi connectivity index (χ4v) is 5.65. The van der Waals surface area contributed by atoms with Crippen molar-refractivity contribution in [2.45, 2.75) is 77.3 Å². The monoisotopic (exact) mass is 607 g/mol. The first kappa shape index (κ1) is 32.9. The summed E-state index contributed by atoms with van der Waals surface area (Å²) in [4.78, 5) is 27.5. The number of esters is 1. The average Bonchev–Trinajstić information content (AvgIpc) is 3.04. The normalized spacial score (nSPS) is 13.6. The van der Waals surface area contributed by atoms with Gasteiger partial charge in [-0.25, -0.2) is 0 Å². The van der Waals surface area contributed by atoms with Crippen LogP contribution in [0.25, 0.3) is 0 Å². The molecule has 4 rings (SSSR count).